The quantitative estimate of drug-likeness (QED) is 0.433. The van der Waals surface area contributed by atoms with Crippen molar-refractivity contribution in [3.05, 3.63) is 12.7 Å². The second-order valence-electron chi connectivity index (χ2n) is 5.95. The third-order valence-electron chi connectivity index (χ3n) is 4.59. The minimum Gasteiger partial charge on any atom is -0.383 e. The molecule has 1 unspecified atom stereocenters. The van der Waals surface area contributed by atoms with Gasteiger partial charge in [0.1, 0.15) is 0 Å². The monoisotopic (exact) mass is 267 g/mol. The molecule has 1 atom stereocenters. The second kappa shape index (κ2) is 10.4. The van der Waals surface area contributed by atoms with E-state index in [0.717, 1.165) is 31.5 Å². The van der Waals surface area contributed by atoms with E-state index in [2.05, 4.69) is 18.4 Å². The summed E-state index contributed by atoms with van der Waals surface area (Å²) in [4.78, 5) is 2.66. The summed E-state index contributed by atoms with van der Waals surface area (Å²) in [7, 11) is 1.81. The summed E-state index contributed by atoms with van der Waals surface area (Å²) in [5.41, 5.74) is 0. The van der Waals surface area contributed by atoms with E-state index in [0.29, 0.717) is 0 Å². The van der Waals surface area contributed by atoms with Gasteiger partial charge in [-0.1, -0.05) is 25.3 Å². The van der Waals surface area contributed by atoms with Crippen molar-refractivity contribution in [1.82, 2.24) is 4.90 Å². The lowest BCUT2D eigenvalue weighted by atomic mass is 9.84. The standard InChI is InChI=1S/C17H33NO/c1-4-5-6-10-13-18(14-15-19-3)16(2)17-11-8-7-9-12-17/h4,16-17H,1,5-15H2,2-3H3. The van der Waals surface area contributed by atoms with Crippen LogP contribution in [0.1, 0.15) is 58.3 Å². The number of ether oxygens (including phenoxy) is 1. The Bertz CT molecular complexity index is 223. The molecule has 0 radical (unpaired) electrons. The molecule has 1 aliphatic carbocycles. The van der Waals surface area contributed by atoms with E-state index in [1.54, 1.807) is 7.11 Å². The Morgan fingerprint density at radius 1 is 1.21 bits per heavy atom. The highest BCUT2D eigenvalue weighted by atomic mass is 16.5. The molecule has 0 bridgehead atoms. The van der Waals surface area contributed by atoms with Gasteiger partial charge in [-0.05, 0) is 51.5 Å². The molecule has 1 fully saturated rings. The zero-order chi connectivity index (χ0) is 13.9. The number of unbranched alkanes of at least 4 members (excludes halogenated alkanes) is 2. The van der Waals surface area contributed by atoms with E-state index in [1.807, 2.05) is 6.08 Å². The highest BCUT2D eigenvalue weighted by Crippen LogP contribution is 2.29. The molecule has 1 aliphatic rings. The van der Waals surface area contributed by atoms with Crippen molar-refractivity contribution < 1.29 is 4.74 Å². The average molecular weight is 267 g/mol. The van der Waals surface area contributed by atoms with Crippen molar-refractivity contribution >= 4 is 0 Å². The van der Waals surface area contributed by atoms with E-state index in [9.17, 15) is 0 Å². The van der Waals surface area contributed by atoms with Gasteiger partial charge in [0.25, 0.3) is 0 Å². The van der Waals surface area contributed by atoms with Crippen molar-refractivity contribution in [2.75, 3.05) is 26.8 Å². The summed E-state index contributed by atoms with van der Waals surface area (Å²) in [6, 6.07) is 0.721. The Hall–Kier alpha value is -0.340. The first-order valence-electron chi connectivity index (χ1n) is 8.13. The third kappa shape index (κ3) is 6.58. The van der Waals surface area contributed by atoms with Crippen LogP contribution >= 0.6 is 0 Å². The van der Waals surface area contributed by atoms with E-state index in [1.165, 1.54) is 51.5 Å². The Labute approximate surface area is 120 Å². The van der Waals surface area contributed by atoms with Crippen LogP contribution in [0.25, 0.3) is 0 Å². The van der Waals surface area contributed by atoms with Crippen LogP contribution < -0.4 is 0 Å². The predicted octanol–water partition coefficient (Wildman–Crippen LogP) is 4.26. The van der Waals surface area contributed by atoms with Gasteiger partial charge in [-0.25, -0.2) is 0 Å². The highest BCUT2D eigenvalue weighted by molar-refractivity contribution is 4.79. The maximum Gasteiger partial charge on any atom is 0.0589 e. The number of rotatable bonds is 10. The van der Waals surface area contributed by atoms with Gasteiger partial charge in [-0.2, -0.15) is 0 Å². The van der Waals surface area contributed by atoms with Crippen molar-refractivity contribution in [3.63, 3.8) is 0 Å². The fourth-order valence-electron chi connectivity index (χ4n) is 3.25. The van der Waals surface area contributed by atoms with Gasteiger partial charge >= 0.3 is 0 Å². The molecule has 0 N–H and O–H groups in total. The van der Waals surface area contributed by atoms with Gasteiger partial charge in [-0.3, -0.25) is 4.90 Å². The number of hydrogen-bond donors (Lipinski definition) is 0. The molecule has 112 valence electrons. The Morgan fingerprint density at radius 3 is 2.58 bits per heavy atom. The second-order valence-corrected chi connectivity index (χ2v) is 5.95. The van der Waals surface area contributed by atoms with E-state index in [4.69, 9.17) is 4.74 Å². The molecule has 1 rings (SSSR count). The minimum atomic E-state index is 0.721. The predicted molar refractivity (Wildman–Crippen MR) is 83.5 cm³/mol. The van der Waals surface area contributed by atoms with Crippen molar-refractivity contribution in [3.8, 4) is 0 Å². The molecule has 1 saturated carbocycles. The summed E-state index contributed by atoms with van der Waals surface area (Å²) in [5, 5.41) is 0. The lowest BCUT2D eigenvalue weighted by Gasteiger charge is -2.36. The first-order valence-corrected chi connectivity index (χ1v) is 8.13. The summed E-state index contributed by atoms with van der Waals surface area (Å²) in [6.07, 6.45) is 12.9. The molecule has 2 nitrogen and oxygen atoms in total. The molecule has 0 spiro atoms. The molecule has 0 heterocycles. The van der Waals surface area contributed by atoms with Crippen LogP contribution in [0, 0.1) is 5.92 Å². The van der Waals surface area contributed by atoms with Gasteiger partial charge in [0.05, 0.1) is 6.61 Å². The zero-order valence-corrected chi connectivity index (χ0v) is 13.1. The van der Waals surface area contributed by atoms with Crippen LogP contribution in [-0.2, 0) is 4.74 Å². The molecule has 19 heavy (non-hydrogen) atoms. The lowest BCUT2D eigenvalue weighted by molar-refractivity contribution is 0.0875. The lowest BCUT2D eigenvalue weighted by Crippen LogP contribution is -2.41. The molecule has 2 heteroatoms. The van der Waals surface area contributed by atoms with Gasteiger partial charge in [0, 0.05) is 19.7 Å². The minimum absolute atomic E-state index is 0.721. The first kappa shape index (κ1) is 16.7. The smallest absolute Gasteiger partial charge is 0.0589 e. The van der Waals surface area contributed by atoms with Gasteiger partial charge in [0.2, 0.25) is 0 Å². The van der Waals surface area contributed by atoms with E-state index >= 15 is 0 Å². The van der Waals surface area contributed by atoms with Gasteiger partial charge in [0.15, 0.2) is 0 Å². The Balaban J connectivity index is 2.38. The maximum atomic E-state index is 5.28. The van der Waals surface area contributed by atoms with Crippen molar-refractivity contribution in [2.45, 2.75) is 64.3 Å². The Morgan fingerprint density at radius 2 is 1.95 bits per heavy atom. The molecule has 0 amide bonds. The fourth-order valence-corrected chi connectivity index (χ4v) is 3.25. The van der Waals surface area contributed by atoms with Crippen molar-refractivity contribution in [1.29, 1.82) is 0 Å². The topological polar surface area (TPSA) is 12.5 Å². The van der Waals surface area contributed by atoms with E-state index < -0.39 is 0 Å². The average Bonchev–Trinajstić information content (AvgIpc) is 2.47. The van der Waals surface area contributed by atoms with Crippen LogP contribution in [0.15, 0.2) is 12.7 Å². The highest BCUT2D eigenvalue weighted by Gasteiger charge is 2.24. The van der Waals surface area contributed by atoms with Crippen LogP contribution in [0.5, 0.6) is 0 Å². The fraction of sp³-hybridized carbons (Fsp3) is 0.882. The molecule has 0 aromatic carbocycles. The van der Waals surface area contributed by atoms with E-state index in [-0.39, 0.29) is 0 Å². The first-order chi connectivity index (χ1) is 9.29. The molecule has 0 aromatic heterocycles. The number of methoxy groups -OCH3 is 1. The molecule has 0 aliphatic heterocycles. The van der Waals surface area contributed by atoms with Gasteiger partial charge in [-0.15, -0.1) is 6.58 Å². The molecule has 0 aromatic rings. The largest absolute Gasteiger partial charge is 0.383 e. The number of nitrogens with zero attached hydrogens (tertiary/aromatic N) is 1. The van der Waals surface area contributed by atoms with Crippen LogP contribution in [0.3, 0.4) is 0 Å². The normalized spacial score (nSPS) is 18.7. The summed E-state index contributed by atoms with van der Waals surface area (Å²) in [6.45, 7) is 9.39. The summed E-state index contributed by atoms with van der Waals surface area (Å²) >= 11 is 0. The third-order valence-corrected chi connectivity index (χ3v) is 4.59. The zero-order valence-electron chi connectivity index (χ0n) is 13.1. The maximum absolute atomic E-state index is 5.28. The summed E-state index contributed by atoms with van der Waals surface area (Å²) in [5.74, 6) is 0.907. The van der Waals surface area contributed by atoms with Crippen LogP contribution in [-0.4, -0.2) is 37.7 Å². The van der Waals surface area contributed by atoms with Gasteiger partial charge < -0.3 is 4.74 Å². The summed E-state index contributed by atoms with van der Waals surface area (Å²) < 4.78 is 5.28. The Kier molecular flexibility index (Phi) is 9.19. The van der Waals surface area contributed by atoms with Crippen LogP contribution in [0.4, 0.5) is 0 Å². The number of hydrogen-bond acceptors (Lipinski definition) is 2. The molecular weight excluding hydrogens is 234 g/mol. The molecule has 0 saturated heterocycles. The van der Waals surface area contributed by atoms with Crippen LogP contribution in [0.2, 0.25) is 0 Å². The number of allylic oxidation sites excluding steroid dienone is 1. The molecular formula is C17H33NO. The SMILES string of the molecule is C=CCCCCN(CCOC)C(C)C1CCCCC1. The van der Waals surface area contributed by atoms with Crippen molar-refractivity contribution in [2.24, 2.45) is 5.92 Å².